The van der Waals surface area contributed by atoms with Gasteiger partial charge in [0.1, 0.15) is 6.04 Å². The fourth-order valence-electron chi connectivity index (χ4n) is 4.26. The van der Waals surface area contributed by atoms with Crippen molar-refractivity contribution in [1.82, 2.24) is 19.8 Å². The molecule has 29 heavy (non-hydrogen) atoms. The summed E-state index contributed by atoms with van der Waals surface area (Å²) in [6.45, 7) is 10.6. The van der Waals surface area contributed by atoms with Crippen LogP contribution in [0.25, 0.3) is 0 Å². The van der Waals surface area contributed by atoms with Gasteiger partial charge in [0.15, 0.2) is 0 Å². The molecule has 0 spiro atoms. The molecule has 9 heteroatoms. The average Bonchev–Trinajstić information content (AvgIpc) is 2.60. The molecule has 2 heterocycles. The van der Waals surface area contributed by atoms with E-state index in [2.05, 4.69) is 37.7 Å². The third-order valence-electron chi connectivity index (χ3n) is 5.58. The number of carbonyl (C=O) groups excluding carboxylic acids is 2. The maximum atomic E-state index is 13.4. The molecule has 2 fully saturated rings. The van der Waals surface area contributed by atoms with Gasteiger partial charge >= 0.3 is 0 Å². The molecule has 8 nitrogen and oxygen atoms in total. The first kappa shape index (κ1) is 24.1. The van der Waals surface area contributed by atoms with Gasteiger partial charge in [-0.2, -0.15) is 0 Å². The monoisotopic (exact) mass is 430 g/mol. The number of carbonyl (C=O) groups is 2. The Morgan fingerprint density at radius 1 is 1.14 bits per heavy atom. The van der Waals surface area contributed by atoms with E-state index in [4.69, 9.17) is 0 Å². The van der Waals surface area contributed by atoms with Crippen LogP contribution >= 0.6 is 0 Å². The van der Waals surface area contributed by atoms with Crippen LogP contribution in [-0.4, -0.2) is 80.6 Å². The quantitative estimate of drug-likeness (QED) is 0.593. The lowest BCUT2D eigenvalue weighted by Gasteiger charge is -2.42. The van der Waals surface area contributed by atoms with Crippen molar-refractivity contribution in [2.24, 2.45) is 11.8 Å². The first-order valence-electron chi connectivity index (χ1n) is 10.8. The van der Waals surface area contributed by atoms with E-state index in [9.17, 15) is 18.0 Å². The Bertz CT molecular complexity index is 672. The number of hydrogen-bond acceptors (Lipinski definition) is 5. The molecular formula is C20H38N4O4S. The van der Waals surface area contributed by atoms with E-state index in [1.807, 2.05) is 0 Å². The molecule has 2 aliphatic heterocycles. The standard InChI is InChI=1S/C20H38N4O4S/c1-14(2)12-17-19(25)24(11-8-21-17)18(13-15(3)4)20(26)23-9-6-16(7-10-23)22-29(5,27)28/h14-18,21-22H,6-13H2,1-5H3/t17-,18-/m0/s1. The first-order chi connectivity index (χ1) is 13.5. The van der Waals surface area contributed by atoms with Crippen LogP contribution in [0.4, 0.5) is 0 Å². The summed E-state index contributed by atoms with van der Waals surface area (Å²) in [6, 6.07) is -0.802. The van der Waals surface area contributed by atoms with Gasteiger partial charge in [0.2, 0.25) is 21.8 Å². The molecule has 2 amide bonds. The fourth-order valence-corrected chi connectivity index (χ4v) is 5.10. The van der Waals surface area contributed by atoms with Crippen LogP contribution < -0.4 is 10.0 Å². The molecule has 2 aliphatic rings. The van der Waals surface area contributed by atoms with Crippen LogP contribution in [0.15, 0.2) is 0 Å². The van der Waals surface area contributed by atoms with Crippen LogP contribution in [0.5, 0.6) is 0 Å². The Hall–Kier alpha value is -1.19. The fraction of sp³-hybridized carbons (Fsp3) is 0.900. The van der Waals surface area contributed by atoms with Crippen molar-refractivity contribution in [3.8, 4) is 0 Å². The molecule has 0 saturated carbocycles. The van der Waals surface area contributed by atoms with Crippen molar-refractivity contribution in [3.63, 3.8) is 0 Å². The lowest BCUT2D eigenvalue weighted by atomic mass is 9.95. The third-order valence-corrected chi connectivity index (χ3v) is 6.34. The SMILES string of the molecule is CC(C)C[C@@H]1NCCN([C@@H](CC(C)C)C(=O)N2CCC(NS(C)(=O)=O)CC2)C1=O. The maximum absolute atomic E-state index is 13.4. The van der Waals surface area contributed by atoms with Crippen molar-refractivity contribution in [3.05, 3.63) is 0 Å². The Kier molecular flexibility index (Phi) is 8.48. The molecule has 0 aromatic rings. The summed E-state index contributed by atoms with van der Waals surface area (Å²) in [7, 11) is -3.25. The summed E-state index contributed by atoms with van der Waals surface area (Å²) < 4.78 is 25.5. The Balaban J connectivity index is 2.07. The zero-order chi connectivity index (χ0) is 21.8. The number of sulfonamides is 1. The Labute approximate surface area is 175 Å². The highest BCUT2D eigenvalue weighted by Crippen LogP contribution is 2.22. The van der Waals surface area contributed by atoms with E-state index < -0.39 is 16.1 Å². The topological polar surface area (TPSA) is 98.8 Å². The van der Waals surface area contributed by atoms with Crippen LogP contribution in [0.1, 0.15) is 53.4 Å². The molecule has 0 aromatic carbocycles. The van der Waals surface area contributed by atoms with E-state index in [1.54, 1.807) is 9.80 Å². The van der Waals surface area contributed by atoms with Crippen LogP contribution in [0.3, 0.4) is 0 Å². The number of rotatable bonds is 8. The van der Waals surface area contributed by atoms with E-state index >= 15 is 0 Å². The lowest BCUT2D eigenvalue weighted by molar-refractivity contribution is -0.150. The van der Waals surface area contributed by atoms with Crippen molar-refractivity contribution in [2.75, 3.05) is 32.4 Å². The number of nitrogens with one attached hydrogen (secondary N) is 2. The summed E-state index contributed by atoms with van der Waals surface area (Å²) in [4.78, 5) is 30.1. The molecular weight excluding hydrogens is 392 g/mol. The van der Waals surface area contributed by atoms with E-state index in [0.717, 1.165) is 12.7 Å². The molecule has 2 N–H and O–H groups in total. The Morgan fingerprint density at radius 3 is 2.28 bits per heavy atom. The number of piperazine rings is 1. The van der Waals surface area contributed by atoms with Crippen molar-refractivity contribution >= 4 is 21.8 Å². The Morgan fingerprint density at radius 2 is 1.76 bits per heavy atom. The molecule has 168 valence electrons. The minimum absolute atomic E-state index is 0.00458. The summed E-state index contributed by atoms with van der Waals surface area (Å²) in [5.74, 6) is 0.712. The molecule has 2 rings (SSSR count). The largest absolute Gasteiger partial charge is 0.341 e. The van der Waals surface area contributed by atoms with Gasteiger partial charge in [-0.25, -0.2) is 13.1 Å². The van der Waals surface area contributed by atoms with Gasteiger partial charge < -0.3 is 15.1 Å². The highest BCUT2D eigenvalue weighted by Gasteiger charge is 2.39. The highest BCUT2D eigenvalue weighted by atomic mass is 32.2. The van der Waals surface area contributed by atoms with Gasteiger partial charge in [0.05, 0.1) is 12.3 Å². The second-order valence-corrected chi connectivity index (χ2v) is 11.1. The van der Waals surface area contributed by atoms with Crippen molar-refractivity contribution in [1.29, 1.82) is 0 Å². The first-order valence-corrected chi connectivity index (χ1v) is 12.7. The smallest absolute Gasteiger partial charge is 0.245 e. The van der Waals surface area contributed by atoms with E-state index in [0.29, 0.717) is 57.3 Å². The van der Waals surface area contributed by atoms with Gasteiger partial charge in [-0.05, 0) is 37.5 Å². The molecule has 2 saturated heterocycles. The molecule has 0 aromatic heterocycles. The van der Waals surface area contributed by atoms with E-state index in [1.165, 1.54) is 0 Å². The van der Waals surface area contributed by atoms with Gasteiger partial charge in [0, 0.05) is 32.2 Å². The van der Waals surface area contributed by atoms with E-state index in [-0.39, 0.29) is 23.9 Å². The number of piperidine rings is 1. The number of hydrogen-bond donors (Lipinski definition) is 2. The highest BCUT2D eigenvalue weighted by molar-refractivity contribution is 7.88. The van der Waals surface area contributed by atoms with Gasteiger partial charge in [-0.15, -0.1) is 0 Å². The number of likely N-dealkylation sites (tertiary alicyclic amines) is 1. The predicted octanol–water partition coefficient (Wildman–Crippen LogP) is 0.788. The summed E-state index contributed by atoms with van der Waals surface area (Å²) in [6.07, 6.45) is 3.76. The maximum Gasteiger partial charge on any atom is 0.245 e. The van der Waals surface area contributed by atoms with Gasteiger partial charge in [0.25, 0.3) is 0 Å². The number of nitrogens with zero attached hydrogens (tertiary/aromatic N) is 2. The van der Waals surface area contributed by atoms with Gasteiger partial charge in [-0.3, -0.25) is 9.59 Å². The van der Waals surface area contributed by atoms with Crippen LogP contribution in [-0.2, 0) is 19.6 Å². The van der Waals surface area contributed by atoms with Crippen molar-refractivity contribution < 1.29 is 18.0 Å². The molecule has 2 atom stereocenters. The normalized spacial score (nSPS) is 23.1. The predicted molar refractivity (Wildman–Crippen MR) is 114 cm³/mol. The average molecular weight is 431 g/mol. The second-order valence-electron chi connectivity index (χ2n) is 9.30. The minimum Gasteiger partial charge on any atom is -0.341 e. The molecule has 0 unspecified atom stereocenters. The zero-order valence-corrected chi connectivity index (χ0v) is 19.3. The van der Waals surface area contributed by atoms with Gasteiger partial charge in [-0.1, -0.05) is 27.7 Å². The van der Waals surface area contributed by atoms with Crippen molar-refractivity contribution in [2.45, 2.75) is 71.5 Å². The van der Waals surface area contributed by atoms with Crippen LogP contribution in [0.2, 0.25) is 0 Å². The molecule has 0 bridgehead atoms. The van der Waals surface area contributed by atoms with Crippen LogP contribution in [0, 0.1) is 11.8 Å². The summed E-state index contributed by atoms with van der Waals surface area (Å²) >= 11 is 0. The summed E-state index contributed by atoms with van der Waals surface area (Å²) in [5, 5.41) is 3.30. The number of amides is 2. The molecule has 0 radical (unpaired) electrons. The zero-order valence-electron chi connectivity index (χ0n) is 18.5. The minimum atomic E-state index is -3.25. The lowest BCUT2D eigenvalue weighted by Crippen LogP contribution is -2.62. The second kappa shape index (κ2) is 10.2. The summed E-state index contributed by atoms with van der Waals surface area (Å²) in [5.41, 5.74) is 0. The third kappa shape index (κ3) is 7.22. The molecule has 0 aliphatic carbocycles.